The summed E-state index contributed by atoms with van der Waals surface area (Å²) < 4.78 is 2.06. The number of fused-ring (bicyclic) bond motifs is 1. The molecular weight excluding hydrogens is 234 g/mol. The molecular formula is C13H16ClN3. The molecule has 90 valence electrons. The van der Waals surface area contributed by atoms with Crippen LogP contribution in [0.15, 0.2) is 24.5 Å². The normalized spacial score (nSPS) is 17.0. The van der Waals surface area contributed by atoms with E-state index >= 15 is 0 Å². The zero-order valence-corrected chi connectivity index (χ0v) is 10.5. The first-order valence-corrected chi connectivity index (χ1v) is 6.56. The van der Waals surface area contributed by atoms with Crippen LogP contribution in [0.25, 0.3) is 5.65 Å². The van der Waals surface area contributed by atoms with Gasteiger partial charge in [-0.05, 0) is 25.0 Å². The lowest BCUT2D eigenvalue weighted by atomic mass is 10.2. The van der Waals surface area contributed by atoms with E-state index in [9.17, 15) is 0 Å². The molecule has 1 saturated carbocycles. The van der Waals surface area contributed by atoms with Gasteiger partial charge in [-0.2, -0.15) is 0 Å². The van der Waals surface area contributed by atoms with Crippen molar-refractivity contribution < 1.29 is 0 Å². The minimum Gasteiger partial charge on any atom is -0.308 e. The first kappa shape index (κ1) is 11.1. The van der Waals surface area contributed by atoms with Crippen molar-refractivity contribution in [1.29, 1.82) is 0 Å². The van der Waals surface area contributed by atoms with E-state index in [0.29, 0.717) is 11.1 Å². The van der Waals surface area contributed by atoms with Gasteiger partial charge in [-0.15, -0.1) is 0 Å². The second kappa shape index (κ2) is 4.67. The molecule has 2 heterocycles. The van der Waals surface area contributed by atoms with Crippen LogP contribution in [0.4, 0.5) is 0 Å². The Morgan fingerprint density at radius 1 is 1.41 bits per heavy atom. The summed E-state index contributed by atoms with van der Waals surface area (Å²) >= 11 is 6.09. The van der Waals surface area contributed by atoms with Gasteiger partial charge in [0.1, 0.15) is 0 Å². The van der Waals surface area contributed by atoms with Crippen LogP contribution in [0.2, 0.25) is 5.02 Å². The Balaban J connectivity index is 1.78. The maximum atomic E-state index is 6.09. The highest BCUT2D eigenvalue weighted by atomic mass is 35.5. The lowest BCUT2D eigenvalue weighted by Crippen LogP contribution is -2.25. The van der Waals surface area contributed by atoms with Gasteiger partial charge in [-0.1, -0.05) is 24.4 Å². The average molecular weight is 250 g/mol. The van der Waals surface area contributed by atoms with Crippen molar-refractivity contribution in [3.63, 3.8) is 0 Å². The van der Waals surface area contributed by atoms with E-state index in [0.717, 1.165) is 12.2 Å². The van der Waals surface area contributed by atoms with Crippen molar-refractivity contribution in [3.8, 4) is 0 Å². The number of nitrogens with zero attached hydrogens (tertiary/aromatic N) is 2. The van der Waals surface area contributed by atoms with Gasteiger partial charge in [-0.3, -0.25) is 0 Å². The summed E-state index contributed by atoms with van der Waals surface area (Å²) in [5.74, 6) is 0. The number of halogens is 1. The molecule has 17 heavy (non-hydrogen) atoms. The first-order chi connectivity index (χ1) is 8.34. The monoisotopic (exact) mass is 249 g/mol. The number of hydrogen-bond acceptors (Lipinski definition) is 2. The number of aromatic nitrogens is 2. The Labute approximate surface area is 106 Å². The predicted molar refractivity (Wildman–Crippen MR) is 69.3 cm³/mol. The van der Waals surface area contributed by atoms with Crippen LogP contribution < -0.4 is 5.32 Å². The Kier molecular flexibility index (Phi) is 3.04. The molecule has 0 unspecified atom stereocenters. The molecule has 1 aliphatic carbocycles. The number of nitrogens with one attached hydrogen (secondary N) is 1. The molecule has 3 rings (SSSR count). The van der Waals surface area contributed by atoms with Gasteiger partial charge in [0.15, 0.2) is 5.65 Å². The fourth-order valence-corrected chi connectivity index (χ4v) is 2.75. The second-order valence-electron chi connectivity index (χ2n) is 4.66. The standard InChI is InChI=1S/C13H16ClN3/c14-12-6-3-7-17-11(9-16-13(12)17)8-15-10-4-1-2-5-10/h3,6-7,9-10,15H,1-2,4-5,8H2. The molecule has 1 aliphatic rings. The number of pyridine rings is 1. The third kappa shape index (κ3) is 2.17. The first-order valence-electron chi connectivity index (χ1n) is 6.18. The van der Waals surface area contributed by atoms with E-state index in [2.05, 4.69) is 14.7 Å². The minimum absolute atomic E-state index is 0.680. The van der Waals surface area contributed by atoms with Crippen LogP contribution in [0.1, 0.15) is 31.4 Å². The molecule has 3 nitrogen and oxygen atoms in total. The molecule has 0 aromatic carbocycles. The molecule has 0 bridgehead atoms. The number of hydrogen-bond donors (Lipinski definition) is 1. The van der Waals surface area contributed by atoms with E-state index in [1.807, 2.05) is 24.5 Å². The highest BCUT2D eigenvalue weighted by molar-refractivity contribution is 6.33. The summed E-state index contributed by atoms with van der Waals surface area (Å²) in [5, 5.41) is 4.30. The lowest BCUT2D eigenvalue weighted by Gasteiger charge is -2.11. The number of rotatable bonds is 3. The number of imidazole rings is 1. The molecule has 4 heteroatoms. The van der Waals surface area contributed by atoms with Crippen molar-refractivity contribution >= 4 is 17.2 Å². The minimum atomic E-state index is 0.680. The van der Waals surface area contributed by atoms with E-state index in [4.69, 9.17) is 11.6 Å². The van der Waals surface area contributed by atoms with Crippen LogP contribution in [0.5, 0.6) is 0 Å². The Morgan fingerprint density at radius 3 is 3.06 bits per heavy atom. The molecule has 0 amide bonds. The average Bonchev–Trinajstić information content (AvgIpc) is 2.95. The van der Waals surface area contributed by atoms with Gasteiger partial charge >= 0.3 is 0 Å². The molecule has 1 N–H and O–H groups in total. The van der Waals surface area contributed by atoms with E-state index in [1.165, 1.54) is 31.4 Å². The third-order valence-corrected chi connectivity index (χ3v) is 3.79. The summed E-state index contributed by atoms with van der Waals surface area (Å²) in [6, 6.07) is 4.51. The fourth-order valence-electron chi connectivity index (χ4n) is 2.54. The van der Waals surface area contributed by atoms with Crippen LogP contribution in [0.3, 0.4) is 0 Å². The molecule has 0 spiro atoms. The Hall–Kier alpha value is -1.06. The van der Waals surface area contributed by atoms with Gasteiger partial charge in [0, 0.05) is 18.8 Å². The highest BCUT2D eigenvalue weighted by Crippen LogP contribution is 2.19. The zero-order valence-electron chi connectivity index (χ0n) is 9.69. The maximum absolute atomic E-state index is 6.09. The summed E-state index contributed by atoms with van der Waals surface area (Å²) in [6.45, 7) is 0.867. The zero-order chi connectivity index (χ0) is 11.7. The van der Waals surface area contributed by atoms with E-state index in [-0.39, 0.29) is 0 Å². The maximum Gasteiger partial charge on any atom is 0.155 e. The Morgan fingerprint density at radius 2 is 2.24 bits per heavy atom. The third-order valence-electron chi connectivity index (χ3n) is 3.49. The van der Waals surface area contributed by atoms with Crippen LogP contribution in [0, 0.1) is 0 Å². The summed E-state index contributed by atoms with van der Waals surface area (Å²) in [6.07, 6.45) is 9.24. The summed E-state index contributed by atoms with van der Waals surface area (Å²) in [4.78, 5) is 4.35. The van der Waals surface area contributed by atoms with Gasteiger partial charge in [0.25, 0.3) is 0 Å². The van der Waals surface area contributed by atoms with Crippen molar-refractivity contribution in [2.45, 2.75) is 38.3 Å². The van der Waals surface area contributed by atoms with Gasteiger partial charge in [0.05, 0.1) is 16.9 Å². The fraction of sp³-hybridized carbons (Fsp3) is 0.462. The summed E-state index contributed by atoms with van der Waals surface area (Å²) in [7, 11) is 0. The lowest BCUT2D eigenvalue weighted by molar-refractivity contribution is 0.518. The van der Waals surface area contributed by atoms with Crippen LogP contribution in [-0.2, 0) is 6.54 Å². The van der Waals surface area contributed by atoms with E-state index < -0.39 is 0 Å². The molecule has 1 fully saturated rings. The Bertz CT molecular complexity index is 514. The smallest absolute Gasteiger partial charge is 0.155 e. The molecule has 2 aromatic rings. The SMILES string of the molecule is Clc1cccn2c(CNC3CCCC3)cnc12. The molecule has 2 aromatic heterocycles. The van der Waals surface area contributed by atoms with Crippen molar-refractivity contribution in [3.05, 3.63) is 35.2 Å². The molecule has 0 saturated heterocycles. The van der Waals surface area contributed by atoms with Gasteiger partial charge < -0.3 is 9.72 Å². The largest absolute Gasteiger partial charge is 0.308 e. The van der Waals surface area contributed by atoms with Crippen LogP contribution >= 0.6 is 11.6 Å². The van der Waals surface area contributed by atoms with E-state index in [1.54, 1.807) is 0 Å². The predicted octanol–water partition coefficient (Wildman–Crippen LogP) is 3.02. The molecule has 0 aliphatic heterocycles. The molecule has 0 radical (unpaired) electrons. The van der Waals surface area contributed by atoms with Crippen molar-refractivity contribution in [1.82, 2.24) is 14.7 Å². The topological polar surface area (TPSA) is 29.3 Å². The van der Waals surface area contributed by atoms with Crippen LogP contribution in [-0.4, -0.2) is 15.4 Å². The highest BCUT2D eigenvalue weighted by Gasteiger charge is 2.14. The van der Waals surface area contributed by atoms with Gasteiger partial charge in [-0.25, -0.2) is 4.98 Å². The quantitative estimate of drug-likeness (QED) is 0.906. The van der Waals surface area contributed by atoms with Crippen molar-refractivity contribution in [2.24, 2.45) is 0 Å². The molecule has 0 atom stereocenters. The van der Waals surface area contributed by atoms with Crippen molar-refractivity contribution in [2.75, 3.05) is 0 Å². The van der Waals surface area contributed by atoms with Gasteiger partial charge in [0.2, 0.25) is 0 Å². The second-order valence-corrected chi connectivity index (χ2v) is 5.07. The summed E-state index contributed by atoms with van der Waals surface area (Å²) in [5.41, 5.74) is 2.02.